The first-order valence-electron chi connectivity index (χ1n) is 8.50. The Morgan fingerprint density at radius 1 is 1.25 bits per heavy atom. The fraction of sp³-hybridized carbons (Fsp3) is 0.316. The Morgan fingerprint density at radius 3 is 2.46 bits per heavy atom. The van der Waals surface area contributed by atoms with Crippen molar-refractivity contribution < 1.29 is 28.6 Å². The van der Waals surface area contributed by atoms with E-state index in [0.29, 0.717) is 22.6 Å². The van der Waals surface area contributed by atoms with E-state index in [9.17, 15) is 29.1 Å². The number of benzene rings is 2. The van der Waals surface area contributed by atoms with Crippen LogP contribution in [0, 0.1) is 17.1 Å². The van der Waals surface area contributed by atoms with Crippen LogP contribution >= 0.6 is 7.60 Å². The molecule has 0 spiro atoms. The molecule has 1 aliphatic rings. The van der Waals surface area contributed by atoms with Gasteiger partial charge in [0, 0.05) is 11.3 Å². The lowest BCUT2D eigenvalue weighted by Gasteiger charge is -2.47. The van der Waals surface area contributed by atoms with E-state index in [4.69, 9.17) is 4.74 Å². The first-order chi connectivity index (χ1) is 13.0. The van der Waals surface area contributed by atoms with E-state index in [0.717, 1.165) is 0 Å². The Hall–Kier alpha value is -2.43. The maximum absolute atomic E-state index is 13.4. The summed E-state index contributed by atoms with van der Waals surface area (Å²) in [6.45, 7) is 3.32. The van der Waals surface area contributed by atoms with Crippen LogP contribution < -0.4 is 9.64 Å². The van der Waals surface area contributed by atoms with E-state index in [-0.39, 0.29) is 0 Å². The van der Waals surface area contributed by atoms with Crippen LogP contribution in [0.15, 0.2) is 42.5 Å². The van der Waals surface area contributed by atoms with Crippen molar-refractivity contribution in [1.82, 2.24) is 0 Å². The average molecular weight is 406 g/mol. The molecule has 1 heterocycles. The van der Waals surface area contributed by atoms with Crippen molar-refractivity contribution >= 4 is 13.3 Å². The van der Waals surface area contributed by atoms with Gasteiger partial charge in [-0.3, -0.25) is 4.57 Å². The van der Waals surface area contributed by atoms with Gasteiger partial charge in [-0.25, -0.2) is 4.39 Å². The number of halogens is 1. The monoisotopic (exact) mass is 406 g/mol. The van der Waals surface area contributed by atoms with Gasteiger partial charge >= 0.3 is 7.60 Å². The third kappa shape index (κ3) is 4.03. The number of hydrogen-bond donors (Lipinski definition) is 3. The Morgan fingerprint density at radius 2 is 1.89 bits per heavy atom. The van der Waals surface area contributed by atoms with Crippen LogP contribution in [0.2, 0.25) is 0 Å². The molecule has 0 radical (unpaired) electrons. The fourth-order valence-corrected chi connectivity index (χ4v) is 4.07. The largest absolute Gasteiger partial charge is 0.485 e. The van der Waals surface area contributed by atoms with Crippen LogP contribution in [0.1, 0.15) is 31.0 Å². The number of rotatable bonds is 4. The van der Waals surface area contributed by atoms with Crippen molar-refractivity contribution in [2.75, 3.05) is 11.2 Å². The van der Waals surface area contributed by atoms with Crippen molar-refractivity contribution in [3.63, 3.8) is 0 Å². The number of aliphatic hydroxyl groups is 1. The Bertz CT molecular complexity index is 967. The normalized spacial score (nSPS) is 20.6. The van der Waals surface area contributed by atoms with Gasteiger partial charge in [-0.1, -0.05) is 0 Å². The summed E-state index contributed by atoms with van der Waals surface area (Å²) in [5, 5.41) is 20.2. The predicted molar refractivity (Wildman–Crippen MR) is 100 cm³/mol. The number of nitriles is 1. The van der Waals surface area contributed by atoms with E-state index in [1.807, 2.05) is 6.07 Å². The fourth-order valence-electron chi connectivity index (χ4n) is 3.34. The first kappa shape index (κ1) is 20.3. The van der Waals surface area contributed by atoms with E-state index >= 15 is 0 Å². The van der Waals surface area contributed by atoms with Crippen LogP contribution in [0.3, 0.4) is 0 Å². The molecule has 28 heavy (non-hydrogen) atoms. The van der Waals surface area contributed by atoms with Crippen molar-refractivity contribution in [2.24, 2.45) is 0 Å². The summed E-state index contributed by atoms with van der Waals surface area (Å²) in [6, 6.07) is 10.9. The molecule has 148 valence electrons. The molecule has 3 rings (SSSR count). The number of anilines is 1. The summed E-state index contributed by atoms with van der Waals surface area (Å²) in [5.41, 5.74) is -0.0168. The summed E-state index contributed by atoms with van der Waals surface area (Å²) >= 11 is 0. The molecule has 0 saturated heterocycles. The Kier molecular flexibility index (Phi) is 5.22. The quantitative estimate of drug-likeness (QED) is 0.669. The van der Waals surface area contributed by atoms with Crippen LogP contribution in [0.25, 0.3) is 0 Å². The summed E-state index contributed by atoms with van der Waals surface area (Å²) in [7, 11) is -4.55. The molecule has 0 aromatic heterocycles. The van der Waals surface area contributed by atoms with Gasteiger partial charge in [0.2, 0.25) is 0 Å². The van der Waals surface area contributed by atoms with E-state index in [1.54, 1.807) is 26.0 Å². The number of fused-ring (bicyclic) bond motifs is 1. The summed E-state index contributed by atoms with van der Waals surface area (Å²) in [6.07, 6.45) is -1.89. The summed E-state index contributed by atoms with van der Waals surface area (Å²) in [4.78, 5) is 20.6. The number of aliphatic hydroxyl groups excluding tert-OH is 1. The van der Waals surface area contributed by atoms with Gasteiger partial charge < -0.3 is 24.5 Å². The average Bonchev–Trinajstić information content (AvgIpc) is 2.61. The molecular formula is C19H20FN2O5P. The van der Waals surface area contributed by atoms with E-state index < -0.39 is 37.4 Å². The van der Waals surface area contributed by atoms with Crippen molar-refractivity contribution in [3.8, 4) is 11.8 Å². The molecule has 2 aromatic carbocycles. The molecule has 9 heteroatoms. The van der Waals surface area contributed by atoms with E-state index in [1.165, 1.54) is 35.2 Å². The minimum Gasteiger partial charge on any atom is -0.485 e. The molecule has 3 N–H and O–H groups in total. The summed E-state index contributed by atoms with van der Waals surface area (Å²) in [5.74, 6) is -0.1000. The lowest BCUT2D eigenvalue weighted by Crippen LogP contribution is -2.54. The van der Waals surface area contributed by atoms with Gasteiger partial charge in [-0.15, -0.1) is 0 Å². The molecule has 0 saturated carbocycles. The second-order valence-corrected chi connectivity index (χ2v) is 8.82. The SMILES string of the molecule is CC1(C)Oc2ccc(C#N)cc2[C@H](N(CP(=O)(O)O)c2ccc(F)cc2)[C@H]1O. The molecule has 2 atom stereocenters. The Balaban J connectivity index is 2.21. The molecule has 0 bridgehead atoms. The number of ether oxygens (including phenoxy) is 1. The zero-order valence-corrected chi connectivity index (χ0v) is 16.2. The number of hydrogen-bond acceptors (Lipinski definition) is 5. The molecule has 0 fully saturated rings. The molecule has 0 unspecified atom stereocenters. The van der Waals surface area contributed by atoms with Crippen LogP contribution in [-0.2, 0) is 4.57 Å². The third-order valence-electron chi connectivity index (χ3n) is 4.67. The molecule has 7 nitrogen and oxygen atoms in total. The Labute approximate surface area is 161 Å². The third-order valence-corrected chi connectivity index (χ3v) is 5.35. The second-order valence-electron chi connectivity index (χ2n) is 7.21. The van der Waals surface area contributed by atoms with Gasteiger partial charge in [0.15, 0.2) is 0 Å². The van der Waals surface area contributed by atoms with Crippen molar-refractivity contribution in [2.45, 2.75) is 31.6 Å². The van der Waals surface area contributed by atoms with Crippen LogP contribution in [0.4, 0.5) is 10.1 Å². The molecule has 1 aliphatic heterocycles. The zero-order valence-electron chi connectivity index (χ0n) is 15.3. The maximum atomic E-state index is 13.4. The van der Waals surface area contributed by atoms with Gasteiger partial charge in [0.05, 0.1) is 17.7 Å². The first-order valence-corrected chi connectivity index (χ1v) is 10.3. The summed E-state index contributed by atoms with van der Waals surface area (Å²) < 4.78 is 31.1. The highest BCUT2D eigenvalue weighted by atomic mass is 31.2. The molecular weight excluding hydrogens is 386 g/mol. The topological polar surface area (TPSA) is 114 Å². The highest BCUT2D eigenvalue weighted by Crippen LogP contribution is 2.48. The van der Waals surface area contributed by atoms with Crippen LogP contribution in [-0.4, -0.2) is 32.9 Å². The predicted octanol–water partition coefficient (Wildman–Crippen LogP) is 2.91. The minimum absolute atomic E-state index is 0.314. The van der Waals surface area contributed by atoms with Gasteiger partial charge in [0.1, 0.15) is 29.6 Å². The smallest absolute Gasteiger partial charge is 0.344 e. The van der Waals surface area contributed by atoms with Gasteiger partial charge in [-0.2, -0.15) is 5.26 Å². The van der Waals surface area contributed by atoms with Gasteiger partial charge in [-0.05, 0) is 56.3 Å². The van der Waals surface area contributed by atoms with Crippen LogP contribution in [0.5, 0.6) is 5.75 Å². The highest BCUT2D eigenvalue weighted by molar-refractivity contribution is 7.51. The molecule has 0 aliphatic carbocycles. The lowest BCUT2D eigenvalue weighted by molar-refractivity contribution is -0.0583. The maximum Gasteiger partial charge on any atom is 0.344 e. The van der Waals surface area contributed by atoms with E-state index in [2.05, 4.69) is 0 Å². The minimum atomic E-state index is -4.55. The highest BCUT2D eigenvalue weighted by Gasteiger charge is 2.46. The van der Waals surface area contributed by atoms with Gasteiger partial charge in [0.25, 0.3) is 0 Å². The van der Waals surface area contributed by atoms with Crippen molar-refractivity contribution in [1.29, 1.82) is 5.26 Å². The van der Waals surface area contributed by atoms with Crippen molar-refractivity contribution in [3.05, 3.63) is 59.4 Å². The lowest BCUT2D eigenvalue weighted by atomic mass is 9.85. The standard InChI is InChI=1S/C19H20FN2O5P/c1-19(2)18(23)17(15-9-12(10-21)3-8-16(15)27-19)22(11-28(24,25)26)14-6-4-13(20)5-7-14/h3-9,17-18,23H,11H2,1-2H3,(H2,24,25,26)/t17-,18+/m0/s1. The molecule has 2 aromatic rings. The second kappa shape index (κ2) is 7.19. The molecule has 0 amide bonds. The number of nitrogens with zero attached hydrogens (tertiary/aromatic N) is 2. The zero-order chi connectivity index (χ0) is 20.7.